The topological polar surface area (TPSA) is 96.1 Å². The van der Waals surface area contributed by atoms with Gasteiger partial charge in [-0.25, -0.2) is 0 Å². The molecule has 7 aromatic rings. The van der Waals surface area contributed by atoms with Crippen molar-refractivity contribution in [2.24, 2.45) is 14.1 Å². The average Bonchev–Trinajstić information content (AvgIpc) is 3.98. The lowest BCUT2D eigenvalue weighted by molar-refractivity contribution is 0.0951. The van der Waals surface area contributed by atoms with Crippen molar-refractivity contribution in [3.05, 3.63) is 99.4 Å². The SMILES string of the molecule is Cc1cc(OCCCc2c3n(c4c(-c5c(C)nn(C)c5C)cccc24)C(C)[C@@H](Cl)N(c2cn(C)c4ccc(-c5nnc(C6CCCCC6)o5)cc24)C3=O)cc(C)c1Cl. The summed E-state index contributed by atoms with van der Waals surface area (Å²) in [5.41, 5.74) is 10.5. The Morgan fingerprint density at radius 1 is 0.948 bits per heavy atom. The maximum absolute atomic E-state index is 15.4. The highest BCUT2D eigenvalue weighted by Gasteiger charge is 2.42. The number of rotatable bonds is 9. The lowest BCUT2D eigenvalue weighted by Gasteiger charge is -2.38. The predicted octanol–water partition coefficient (Wildman–Crippen LogP) is 11.3. The van der Waals surface area contributed by atoms with E-state index in [9.17, 15) is 0 Å². The maximum atomic E-state index is 15.4. The van der Waals surface area contributed by atoms with Crippen molar-refractivity contribution in [2.45, 2.75) is 97.0 Å². The second kappa shape index (κ2) is 15.0. The highest BCUT2D eigenvalue weighted by atomic mass is 35.5. The van der Waals surface area contributed by atoms with Gasteiger partial charge in [-0.3, -0.25) is 14.4 Å². The highest BCUT2D eigenvalue weighted by Crippen LogP contribution is 2.46. The molecule has 0 bridgehead atoms. The van der Waals surface area contributed by atoms with Gasteiger partial charge < -0.3 is 18.3 Å². The Kier molecular flexibility index (Phi) is 9.91. The van der Waals surface area contributed by atoms with Gasteiger partial charge in [0.05, 0.1) is 29.5 Å². The molecular weight excluding hydrogens is 769 g/mol. The average molecular weight is 819 g/mol. The summed E-state index contributed by atoms with van der Waals surface area (Å²) in [7, 11) is 3.97. The number of fused-ring (bicyclic) bond motifs is 4. The molecule has 1 amide bonds. The summed E-state index contributed by atoms with van der Waals surface area (Å²) in [5, 5.41) is 16.4. The minimum atomic E-state index is -0.692. The molecule has 0 radical (unpaired) electrons. The summed E-state index contributed by atoms with van der Waals surface area (Å²) >= 11 is 14.0. The van der Waals surface area contributed by atoms with Crippen LogP contribution in [0, 0.1) is 27.7 Å². The third-order valence-electron chi connectivity index (χ3n) is 12.5. The minimum absolute atomic E-state index is 0.143. The first-order chi connectivity index (χ1) is 27.9. The molecule has 1 unspecified atom stereocenters. The number of para-hydroxylation sites is 1. The van der Waals surface area contributed by atoms with Gasteiger partial charge in [0.1, 0.15) is 16.9 Å². The van der Waals surface area contributed by atoms with E-state index in [0.717, 1.165) is 95.9 Å². The molecule has 4 aromatic heterocycles. The molecule has 300 valence electrons. The molecule has 0 N–H and O–H groups in total. The van der Waals surface area contributed by atoms with E-state index in [1.165, 1.54) is 19.3 Å². The van der Waals surface area contributed by atoms with Crippen molar-refractivity contribution in [3.63, 3.8) is 0 Å². The van der Waals surface area contributed by atoms with Crippen LogP contribution in [0.2, 0.25) is 5.02 Å². The van der Waals surface area contributed by atoms with E-state index >= 15 is 4.79 Å². The summed E-state index contributed by atoms with van der Waals surface area (Å²) in [5.74, 6) is 2.15. The van der Waals surface area contributed by atoms with E-state index in [4.69, 9.17) is 37.5 Å². The molecule has 3 aromatic carbocycles. The van der Waals surface area contributed by atoms with Crippen molar-refractivity contribution in [2.75, 3.05) is 11.5 Å². The summed E-state index contributed by atoms with van der Waals surface area (Å²) in [6, 6.07) is 16.1. The Morgan fingerprint density at radius 2 is 1.71 bits per heavy atom. The predicted molar refractivity (Wildman–Crippen MR) is 232 cm³/mol. The number of hydrogen-bond donors (Lipinski definition) is 0. The van der Waals surface area contributed by atoms with Gasteiger partial charge >= 0.3 is 0 Å². The third-order valence-corrected chi connectivity index (χ3v) is 13.7. The largest absolute Gasteiger partial charge is 0.494 e. The van der Waals surface area contributed by atoms with Crippen LogP contribution in [0.3, 0.4) is 0 Å². The smallest absolute Gasteiger partial charge is 0.276 e. The van der Waals surface area contributed by atoms with Crippen molar-refractivity contribution >= 4 is 56.6 Å². The number of ether oxygens (including phenoxy) is 1. The Labute approximate surface area is 348 Å². The number of halogens is 2. The van der Waals surface area contributed by atoms with Crippen molar-refractivity contribution in [1.29, 1.82) is 0 Å². The van der Waals surface area contributed by atoms with Crippen LogP contribution in [0.5, 0.6) is 5.75 Å². The molecule has 1 saturated carbocycles. The fourth-order valence-corrected chi connectivity index (χ4v) is 9.90. The van der Waals surface area contributed by atoms with E-state index in [1.54, 1.807) is 4.90 Å². The number of anilines is 1. The van der Waals surface area contributed by atoms with Gasteiger partial charge in [-0.15, -0.1) is 10.2 Å². The van der Waals surface area contributed by atoms with Crippen LogP contribution >= 0.6 is 23.2 Å². The molecule has 10 nitrogen and oxygen atoms in total. The number of alkyl halides is 1. The zero-order chi connectivity index (χ0) is 40.6. The van der Waals surface area contributed by atoms with Gasteiger partial charge in [0.2, 0.25) is 11.8 Å². The molecular formula is C46H49Cl2N7O3. The number of hydrogen-bond acceptors (Lipinski definition) is 6. The van der Waals surface area contributed by atoms with Crippen LogP contribution in [0.1, 0.15) is 102 Å². The first kappa shape index (κ1) is 38.5. The first-order valence-electron chi connectivity index (χ1n) is 20.4. The molecule has 1 aliphatic carbocycles. The Morgan fingerprint density at radius 3 is 2.43 bits per heavy atom. The first-order valence-corrected chi connectivity index (χ1v) is 21.2. The zero-order valence-corrected chi connectivity index (χ0v) is 35.7. The highest BCUT2D eigenvalue weighted by molar-refractivity contribution is 6.32. The zero-order valence-electron chi connectivity index (χ0n) is 34.2. The Bertz CT molecular complexity index is 2710. The number of amides is 1. The van der Waals surface area contributed by atoms with Crippen LogP contribution in [0.4, 0.5) is 5.69 Å². The van der Waals surface area contributed by atoms with Crippen LogP contribution < -0.4 is 9.64 Å². The molecule has 2 aliphatic rings. The van der Waals surface area contributed by atoms with Gasteiger partial charge in [0.25, 0.3) is 5.91 Å². The summed E-state index contributed by atoms with van der Waals surface area (Å²) in [4.78, 5) is 17.2. The second-order valence-corrected chi connectivity index (χ2v) is 17.1. The molecule has 58 heavy (non-hydrogen) atoms. The number of carbonyl (C=O) groups is 1. The van der Waals surface area contributed by atoms with Crippen molar-refractivity contribution < 1.29 is 13.9 Å². The van der Waals surface area contributed by atoms with E-state index in [0.29, 0.717) is 42.8 Å². The molecule has 5 heterocycles. The minimum Gasteiger partial charge on any atom is -0.494 e. The third kappa shape index (κ3) is 6.31. The number of aromatic nitrogens is 6. The Hall–Kier alpha value is -5.06. The van der Waals surface area contributed by atoms with Crippen LogP contribution in [-0.4, -0.2) is 47.1 Å². The van der Waals surface area contributed by atoms with E-state index in [1.807, 2.05) is 68.5 Å². The van der Waals surface area contributed by atoms with Crippen LogP contribution in [0.15, 0.2) is 59.1 Å². The standard InChI is InChI=1S/C46H49Cl2N7O3/c1-25-21-32(22-26(2)40(25)47)57-20-12-17-34-33-15-11-16-35(39-27(3)51-53(7)28(39)4)41(33)54-29(5)43(48)55(46(56)42(34)54)38-24-52(6)37-19-18-31(23-36(37)38)45-50-49-44(58-45)30-13-9-8-10-14-30/h11,15-16,18-19,21-24,29-30,43H,8-10,12-14,17,20H2,1-7H3/t29?,43-/m0/s1. The fraction of sp³-hybridized carbons (Fsp3) is 0.391. The van der Waals surface area contributed by atoms with Crippen molar-refractivity contribution in [3.8, 4) is 28.3 Å². The number of nitrogens with zero attached hydrogens (tertiary/aromatic N) is 7. The van der Waals surface area contributed by atoms with Crippen LogP contribution in [-0.2, 0) is 20.5 Å². The number of benzene rings is 3. The van der Waals surface area contributed by atoms with E-state index in [-0.39, 0.29) is 11.9 Å². The van der Waals surface area contributed by atoms with Crippen LogP contribution in [0.25, 0.3) is 44.4 Å². The molecule has 9 rings (SSSR count). The van der Waals surface area contributed by atoms with Crippen molar-refractivity contribution in [1.82, 2.24) is 29.1 Å². The molecule has 1 fully saturated rings. The molecule has 0 spiro atoms. The van der Waals surface area contributed by atoms with Gasteiger partial charge in [0.15, 0.2) is 0 Å². The van der Waals surface area contributed by atoms with E-state index in [2.05, 4.69) is 58.9 Å². The van der Waals surface area contributed by atoms with Gasteiger partial charge in [-0.05, 0) is 107 Å². The van der Waals surface area contributed by atoms with Gasteiger partial charge in [-0.2, -0.15) is 5.10 Å². The van der Waals surface area contributed by atoms with E-state index < -0.39 is 5.50 Å². The maximum Gasteiger partial charge on any atom is 0.276 e. The summed E-state index contributed by atoms with van der Waals surface area (Å²) < 4.78 is 18.7. The van der Waals surface area contributed by atoms with Gasteiger partial charge in [-0.1, -0.05) is 60.7 Å². The molecule has 12 heteroatoms. The Balaban J connectivity index is 1.14. The number of carbonyl (C=O) groups excluding carboxylic acids is 1. The monoisotopic (exact) mass is 817 g/mol. The molecule has 1 aliphatic heterocycles. The number of aryl methyl sites for hydroxylation is 6. The summed E-state index contributed by atoms with van der Waals surface area (Å²) in [6.07, 6.45) is 9.10. The normalized spacial score (nSPS) is 17.5. The molecule has 0 saturated heterocycles. The lowest BCUT2D eigenvalue weighted by atomic mass is 9.89. The molecule has 2 atom stereocenters. The summed E-state index contributed by atoms with van der Waals surface area (Å²) in [6.45, 7) is 10.7. The fourth-order valence-electron chi connectivity index (χ4n) is 9.49. The second-order valence-electron chi connectivity index (χ2n) is 16.3. The lowest BCUT2D eigenvalue weighted by Crippen LogP contribution is -2.47. The quantitative estimate of drug-likeness (QED) is 0.0818. The van der Waals surface area contributed by atoms with Gasteiger partial charge in [0, 0.05) is 69.9 Å².